The van der Waals surface area contributed by atoms with E-state index in [0.29, 0.717) is 0 Å². The van der Waals surface area contributed by atoms with Gasteiger partial charge in [0.15, 0.2) is 0 Å². The molecule has 0 spiro atoms. The molecule has 0 unspecified atom stereocenters. The van der Waals surface area contributed by atoms with Crippen molar-refractivity contribution in [3.63, 3.8) is 0 Å². The van der Waals surface area contributed by atoms with Crippen molar-refractivity contribution in [2.45, 2.75) is 31.4 Å². The van der Waals surface area contributed by atoms with E-state index in [1.54, 1.807) is 0 Å². The molecule has 0 heterocycles. The van der Waals surface area contributed by atoms with E-state index in [-0.39, 0.29) is 16.2 Å². The minimum Gasteiger partial charge on any atom is -0.391 e. The van der Waals surface area contributed by atoms with Crippen molar-refractivity contribution in [2.75, 3.05) is 5.32 Å². The molecule has 16 heavy (non-hydrogen) atoms. The van der Waals surface area contributed by atoms with Gasteiger partial charge in [-0.15, -0.1) is 0 Å². The molecule has 0 saturated heterocycles. The molecular weight excluding hydrogens is 280 g/mol. The molecule has 1 aliphatic carbocycles. The maximum Gasteiger partial charge on any atom is 0.149 e. The first-order valence-corrected chi connectivity index (χ1v) is 5.96. The zero-order chi connectivity index (χ0) is 11.7. The number of aliphatic hydroxyl groups excluding tert-OH is 1. The van der Waals surface area contributed by atoms with Gasteiger partial charge in [-0.2, -0.15) is 0 Å². The van der Waals surface area contributed by atoms with Crippen LogP contribution in [0.2, 0.25) is 0 Å². The zero-order valence-electron chi connectivity index (χ0n) is 8.51. The average Bonchev–Trinajstić information content (AvgIpc) is 2.61. The molecular formula is C11H12BrF2NO. The lowest BCUT2D eigenvalue weighted by Crippen LogP contribution is -2.28. The van der Waals surface area contributed by atoms with E-state index in [4.69, 9.17) is 0 Å². The lowest BCUT2D eigenvalue weighted by atomic mass is 10.2. The summed E-state index contributed by atoms with van der Waals surface area (Å²) in [4.78, 5) is 0. The van der Waals surface area contributed by atoms with Crippen LogP contribution in [0.4, 0.5) is 14.5 Å². The molecule has 0 amide bonds. The molecule has 88 valence electrons. The molecule has 1 aliphatic rings. The number of nitrogens with one attached hydrogen (secondary N) is 1. The van der Waals surface area contributed by atoms with Crippen LogP contribution in [0.15, 0.2) is 16.6 Å². The Hall–Kier alpha value is -0.680. The van der Waals surface area contributed by atoms with Crippen molar-refractivity contribution in [1.82, 2.24) is 0 Å². The Morgan fingerprint density at radius 3 is 2.62 bits per heavy atom. The highest BCUT2D eigenvalue weighted by atomic mass is 79.9. The molecule has 0 bridgehead atoms. The normalized spacial score (nSPS) is 24.8. The highest BCUT2D eigenvalue weighted by Crippen LogP contribution is 2.28. The number of aliphatic hydroxyl groups is 1. The predicted molar refractivity (Wildman–Crippen MR) is 61.3 cm³/mol. The van der Waals surface area contributed by atoms with E-state index >= 15 is 0 Å². The monoisotopic (exact) mass is 291 g/mol. The van der Waals surface area contributed by atoms with E-state index in [1.807, 2.05) is 0 Å². The molecule has 1 aromatic rings. The molecule has 1 saturated carbocycles. The Bertz CT molecular complexity index is 400. The largest absolute Gasteiger partial charge is 0.391 e. The first-order valence-electron chi connectivity index (χ1n) is 5.17. The van der Waals surface area contributed by atoms with E-state index in [2.05, 4.69) is 21.2 Å². The molecule has 2 rings (SSSR count). The molecule has 0 radical (unpaired) electrons. The Morgan fingerprint density at radius 2 is 2.00 bits per heavy atom. The zero-order valence-corrected chi connectivity index (χ0v) is 10.1. The van der Waals surface area contributed by atoms with Crippen molar-refractivity contribution >= 4 is 21.6 Å². The summed E-state index contributed by atoms with van der Waals surface area (Å²) >= 11 is 3.00. The third-order valence-electron chi connectivity index (χ3n) is 2.83. The minimum absolute atomic E-state index is 0.146. The number of benzene rings is 1. The maximum absolute atomic E-state index is 13.4. The van der Waals surface area contributed by atoms with Crippen molar-refractivity contribution in [3.05, 3.63) is 28.2 Å². The molecule has 2 nitrogen and oxygen atoms in total. The molecule has 0 aromatic heterocycles. The third-order valence-corrected chi connectivity index (χ3v) is 3.44. The molecule has 1 fully saturated rings. The highest BCUT2D eigenvalue weighted by Gasteiger charge is 2.25. The van der Waals surface area contributed by atoms with Gasteiger partial charge < -0.3 is 10.4 Å². The lowest BCUT2D eigenvalue weighted by Gasteiger charge is -2.18. The number of anilines is 1. The molecule has 0 aliphatic heterocycles. The van der Waals surface area contributed by atoms with Crippen LogP contribution >= 0.6 is 15.9 Å². The molecule has 2 atom stereocenters. The van der Waals surface area contributed by atoms with Gasteiger partial charge >= 0.3 is 0 Å². The Morgan fingerprint density at radius 1 is 1.25 bits per heavy atom. The van der Waals surface area contributed by atoms with Crippen molar-refractivity contribution in [2.24, 2.45) is 0 Å². The lowest BCUT2D eigenvalue weighted by molar-refractivity contribution is 0.171. The van der Waals surface area contributed by atoms with Crippen LogP contribution in [0.5, 0.6) is 0 Å². The number of halogens is 3. The van der Waals surface area contributed by atoms with Crippen LogP contribution in [0.25, 0.3) is 0 Å². The summed E-state index contributed by atoms with van der Waals surface area (Å²) in [6, 6.07) is 2.04. The fourth-order valence-corrected chi connectivity index (χ4v) is 2.29. The quantitative estimate of drug-likeness (QED) is 0.821. The molecule has 2 N–H and O–H groups in total. The van der Waals surface area contributed by atoms with Crippen molar-refractivity contribution < 1.29 is 13.9 Å². The van der Waals surface area contributed by atoms with Crippen LogP contribution < -0.4 is 5.32 Å². The van der Waals surface area contributed by atoms with Gasteiger partial charge in [0.2, 0.25) is 0 Å². The van der Waals surface area contributed by atoms with Gasteiger partial charge in [-0.25, -0.2) is 8.78 Å². The maximum atomic E-state index is 13.4. The van der Waals surface area contributed by atoms with Crippen LogP contribution in [-0.2, 0) is 0 Å². The van der Waals surface area contributed by atoms with Gasteiger partial charge in [-0.1, -0.05) is 0 Å². The van der Waals surface area contributed by atoms with Gasteiger partial charge in [-0.3, -0.25) is 0 Å². The summed E-state index contributed by atoms with van der Waals surface area (Å²) in [6.07, 6.45) is 1.99. The van der Waals surface area contributed by atoms with Gasteiger partial charge in [0.1, 0.15) is 11.6 Å². The van der Waals surface area contributed by atoms with E-state index in [1.165, 1.54) is 6.07 Å². The predicted octanol–water partition coefficient (Wildman–Crippen LogP) is 3.05. The molecule has 5 heteroatoms. The minimum atomic E-state index is -0.639. The number of hydrogen-bond donors (Lipinski definition) is 2. The first-order chi connectivity index (χ1) is 7.58. The Kier molecular flexibility index (Phi) is 3.44. The summed E-state index contributed by atoms with van der Waals surface area (Å²) in [5, 5.41) is 12.5. The second kappa shape index (κ2) is 4.67. The summed E-state index contributed by atoms with van der Waals surface area (Å²) in [6.45, 7) is 0. The van der Waals surface area contributed by atoms with Crippen LogP contribution in [0.3, 0.4) is 0 Å². The Labute approximate surface area is 101 Å². The Balaban J connectivity index is 2.18. The first kappa shape index (κ1) is 11.8. The SMILES string of the molecule is O[C@@H]1CCC[C@H]1Nc1cc(Br)c(F)cc1F. The van der Waals surface area contributed by atoms with E-state index in [0.717, 1.165) is 25.3 Å². The summed E-state index contributed by atoms with van der Waals surface area (Å²) in [5.74, 6) is -1.27. The van der Waals surface area contributed by atoms with Crippen LogP contribution in [0.1, 0.15) is 19.3 Å². The smallest absolute Gasteiger partial charge is 0.149 e. The van der Waals surface area contributed by atoms with Crippen molar-refractivity contribution in [1.29, 1.82) is 0 Å². The second-order valence-electron chi connectivity index (χ2n) is 4.00. The van der Waals surface area contributed by atoms with Gasteiger partial charge in [0.25, 0.3) is 0 Å². The highest BCUT2D eigenvalue weighted by molar-refractivity contribution is 9.10. The fraction of sp³-hybridized carbons (Fsp3) is 0.455. The second-order valence-corrected chi connectivity index (χ2v) is 4.85. The fourth-order valence-electron chi connectivity index (χ4n) is 1.94. The van der Waals surface area contributed by atoms with Gasteiger partial charge in [0.05, 0.1) is 22.3 Å². The van der Waals surface area contributed by atoms with Crippen LogP contribution in [0, 0.1) is 11.6 Å². The van der Waals surface area contributed by atoms with E-state index < -0.39 is 17.7 Å². The van der Waals surface area contributed by atoms with Gasteiger partial charge in [0, 0.05) is 6.07 Å². The third kappa shape index (κ3) is 2.35. The average molecular weight is 292 g/mol. The topological polar surface area (TPSA) is 32.3 Å². The van der Waals surface area contributed by atoms with E-state index in [9.17, 15) is 13.9 Å². The van der Waals surface area contributed by atoms with Crippen molar-refractivity contribution in [3.8, 4) is 0 Å². The summed E-state index contributed by atoms with van der Waals surface area (Å²) < 4.78 is 26.6. The standard InChI is InChI=1S/C11H12BrF2NO/c12-6-4-10(8(14)5-7(6)13)15-9-2-1-3-11(9)16/h4-5,9,11,15-16H,1-3H2/t9-,11-/m1/s1. The van der Waals surface area contributed by atoms with Crippen LogP contribution in [-0.4, -0.2) is 17.3 Å². The summed E-state index contributed by atoms with van der Waals surface area (Å²) in [5.41, 5.74) is 0.222. The number of rotatable bonds is 2. The molecule has 1 aromatic carbocycles. The summed E-state index contributed by atoms with van der Waals surface area (Å²) in [7, 11) is 0. The number of hydrogen-bond acceptors (Lipinski definition) is 2. The van der Waals surface area contributed by atoms with Gasteiger partial charge in [-0.05, 0) is 41.3 Å².